The number of carbonyl (C=O) groups excluding carboxylic acids is 3. The van der Waals surface area contributed by atoms with E-state index in [9.17, 15) is 14.4 Å². The van der Waals surface area contributed by atoms with E-state index in [1.54, 1.807) is 49.6 Å². The SMILES string of the molecule is COc1ccc(CNC(=O)C(C)OC(=O)CC(NC(C)=O)c2ccc(Cl)cc2)cc1OC. The predicted molar refractivity (Wildman–Crippen MR) is 120 cm³/mol. The van der Waals surface area contributed by atoms with Crippen molar-refractivity contribution < 1.29 is 28.6 Å². The van der Waals surface area contributed by atoms with E-state index in [0.29, 0.717) is 22.1 Å². The molecule has 2 unspecified atom stereocenters. The third kappa shape index (κ3) is 7.46. The highest BCUT2D eigenvalue weighted by Gasteiger charge is 2.22. The summed E-state index contributed by atoms with van der Waals surface area (Å²) in [6.07, 6.45) is -1.14. The molecule has 0 bridgehead atoms. The van der Waals surface area contributed by atoms with Gasteiger partial charge in [-0.15, -0.1) is 0 Å². The molecule has 2 rings (SSSR count). The van der Waals surface area contributed by atoms with Gasteiger partial charge in [0.1, 0.15) is 0 Å². The van der Waals surface area contributed by atoms with Gasteiger partial charge in [-0.05, 0) is 42.3 Å². The minimum absolute atomic E-state index is 0.130. The maximum Gasteiger partial charge on any atom is 0.309 e. The number of esters is 1. The molecular formula is C23H27ClN2O6. The number of nitrogens with one attached hydrogen (secondary N) is 2. The third-order valence-electron chi connectivity index (χ3n) is 4.61. The van der Waals surface area contributed by atoms with E-state index in [1.807, 2.05) is 0 Å². The molecule has 2 N–H and O–H groups in total. The quantitative estimate of drug-likeness (QED) is 0.526. The maximum atomic E-state index is 12.4. The first-order valence-electron chi connectivity index (χ1n) is 9.94. The second-order valence-electron chi connectivity index (χ2n) is 7.05. The average Bonchev–Trinajstić information content (AvgIpc) is 2.76. The normalized spacial score (nSPS) is 12.3. The van der Waals surface area contributed by atoms with E-state index in [0.717, 1.165) is 5.56 Å². The van der Waals surface area contributed by atoms with Crippen LogP contribution in [0, 0.1) is 0 Å². The molecule has 0 aromatic heterocycles. The van der Waals surface area contributed by atoms with Crippen LogP contribution < -0.4 is 20.1 Å². The van der Waals surface area contributed by atoms with Gasteiger partial charge in [-0.1, -0.05) is 29.8 Å². The first-order valence-corrected chi connectivity index (χ1v) is 10.3. The molecule has 8 nitrogen and oxygen atoms in total. The Balaban J connectivity index is 1.92. The Morgan fingerprint density at radius 1 is 1.00 bits per heavy atom. The van der Waals surface area contributed by atoms with Crippen molar-refractivity contribution >= 4 is 29.4 Å². The van der Waals surface area contributed by atoms with Crippen molar-refractivity contribution in [1.82, 2.24) is 10.6 Å². The molecule has 2 atom stereocenters. The van der Waals surface area contributed by atoms with Gasteiger partial charge >= 0.3 is 5.97 Å². The van der Waals surface area contributed by atoms with Crippen LogP contribution in [0.25, 0.3) is 0 Å². The van der Waals surface area contributed by atoms with E-state index in [-0.39, 0.29) is 18.9 Å². The molecule has 2 amide bonds. The number of hydrogen-bond donors (Lipinski definition) is 2. The number of benzene rings is 2. The summed E-state index contributed by atoms with van der Waals surface area (Å²) >= 11 is 5.90. The summed E-state index contributed by atoms with van der Waals surface area (Å²) in [6, 6.07) is 11.5. The Hall–Kier alpha value is -3.26. The highest BCUT2D eigenvalue weighted by Crippen LogP contribution is 2.27. The lowest BCUT2D eigenvalue weighted by molar-refractivity contribution is -0.155. The van der Waals surface area contributed by atoms with Gasteiger partial charge in [0.05, 0.1) is 26.7 Å². The first kappa shape index (κ1) is 25.0. The van der Waals surface area contributed by atoms with Gasteiger partial charge in [0, 0.05) is 18.5 Å². The van der Waals surface area contributed by atoms with Crippen molar-refractivity contribution in [3.05, 3.63) is 58.6 Å². The Kier molecular flexibility index (Phi) is 9.34. The van der Waals surface area contributed by atoms with Crippen molar-refractivity contribution in [3.63, 3.8) is 0 Å². The minimum atomic E-state index is -1.01. The van der Waals surface area contributed by atoms with Gasteiger partial charge in [0.25, 0.3) is 5.91 Å². The van der Waals surface area contributed by atoms with E-state index in [4.69, 9.17) is 25.8 Å². The summed E-state index contributed by atoms with van der Waals surface area (Å²) < 4.78 is 15.7. The van der Waals surface area contributed by atoms with Crippen molar-refractivity contribution in [2.24, 2.45) is 0 Å². The number of carbonyl (C=O) groups is 3. The van der Waals surface area contributed by atoms with Gasteiger partial charge in [-0.3, -0.25) is 14.4 Å². The van der Waals surface area contributed by atoms with Crippen molar-refractivity contribution in [2.45, 2.75) is 39.0 Å². The first-order chi connectivity index (χ1) is 15.2. The fraction of sp³-hybridized carbons (Fsp3) is 0.348. The second kappa shape index (κ2) is 12.0. The molecule has 0 aliphatic heterocycles. The van der Waals surface area contributed by atoms with E-state index in [2.05, 4.69) is 10.6 Å². The number of halogens is 1. The highest BCUT2D eigenvalue weighted by molar-refractivity contribution is 6.30. The molecule has 0 fully saturated rings. The van der Waals surface area contributed by atoms with Gasteiger partial charge in [-0.2, -0.15) is 0 Å². The lowest BCUT2D eigenvalue weighted by Gasteiger charge is -2.19. The van der Waals surface area contributed by atoms with Crippen LogP contribution >= 0.6 is 11.6 Å². The summed E-state index contributed by atoms with van der Waals surface area (Å²) in [6.45, 7) is 3.07. The molecule has 0 saturated heterocycles. The minimum Gasteiger partial charge on any atom is -0.493 e. The van der Waals surface area contributed by atoms with E-state index < -0.39 is 24.0 Å². The molecular weight excluding hydrogens is 436 g/mol. The molecule has 2 aromatic carbocycles. The van der Waals surface area contributed by atoms with Gasteiger partial charge in [0.15, 0.2) is 17.6 Å². The topological polar surface area (TPSA) is 103 Å². The molecule has 0 heterocycles. The van der Waals surface area contributed by atoms with E-state index >= 15 is 0 Å². The molecule has 32 heavy (non-hydrogen) atoms. The van der Waals surface area contributed by atoms with Crippen LogP contribution in [0.2, 0.25) is 5.02 Å². The molecule has 172 valence electrons. The Morgan fingerprint density at radius 2 is 1.66 bits per heavy atom. The van der Waals surface area contributed by atoms with Crippen LogP contribution in [0.4, 0.5) is 0 Å². The highest BCUT2D eigenvalue weighted by atomic mass is 35.5. The fourth-order valence-corrected chi connectivity index (χ4v) is 3.11. The zero-order chi connectivity index (χ0) is 23.7. The fourth-order valence-electron chi connectivity index (χ4n) is 2.98. The lowest BCUT2D eigenvalue weighted by atomic mass is 10.0. The summed E-state index contributed by atoms with van der Waals surface area (Å²) in [7, 11) is 3.07. The third-order valence-corrected chi connectivity index (χ3v) is 4.86. The Morgan fingerprint density at radius 3 is 2.25 bits per heavy atom. The number of hydrogen-bond acceptors (Lipinski definition) is 6. The van der Waals surface area contributed by atoms with Gasteiger partial charge < -0.3 is 24.8 Å². The monoisotopic (exact) mass is 462 g/mol. The molecule has 0 saturated carbocycles. The number of methoxy groups -OCH3 is 2. The zero-order valence-corrected chi connectivity index (χ0v) is 19.2. The average molecular weight is 463 g/mol. The van der Waals surface area contributed by atoms with Crippen LogP contribution in [0.1, 0.15) is 37.4 Å². The number of ether oxygens (including phenoxy) is 3. The zero-order valence-electron chi connectivity index (χ0n) is 18.4. The number of rotatable bonds is 10. The largest absolute Gasteiger partial charge is 0.493 e. The smallest absolute Gasteiger partial charge is 0.309 e. The summed E-state index contributed by atoms with van der Waals surface area (Å²) in [5.41, 5.74) is 1.50. The predicted octanol–water partition coefficient (Wildman–Crippen LogP) is 3.17. The van der Waals surface area contributed by atoms with Crippen molar-refractivity contribution in [3.8, 4) is 11.5 Å². The van der Waals surface area contributed by atoms with Crippen LogP contribution in [-0.2, 0) is 25.7 Å². The molecule has 2 aromatic rings. The van der Waals surface area contributed by atoms with E-state index in [1.165, 1.54) is 21.0 Å². The van der Waals surface area contributed by atoms with Crippen LogP contribution in [-0.4, -0.2) is 38.1 Å². The summed E-state index contributed by atoms with van der Waals surface area (Å²) in [5.74, 6) is -0.231. The molecule has 0 aliphatic rings. The molecule has 0 spiro atoms. The summed E-state index contributed by atoms with van der Waals surface area (Å²) in [4.78, 5) is 36.3. The standard InChI is InChI=1S/C23H27ClN2O6/c1-14(23(29)25-13-16-5-10-20(30-3)21(11-16)31-4)32-22(28)12-19(26-15(2)27)17-6-8-18(24)9-7-17/h5-11,14,19H,12-13H2,1-4H3,(H,25,29)(H,26,27). The van der Waals surface area contributed by atoms with Crippen molar-refractivity contribution in [1.29, 1.82) is 0 Å². The van der Waals surface area contributed by atoms with Gasteiger partial charge in [0.2, 0.25) is 5.91 Å². The van der Waals surface area contributed by atoms with Crippen LogP contribution in [0.3, 0.4) is 0 Å². The second-order valence-corrected chi connectivity index (χ2v) is 7.48. The van der Waals surface area contributed by atoms with Gasteiger partial charge in [-0.25, -0.2) is 0 Å². The summed E-state index contributed by atoms with van der Waals surface area (Å²) in [5, 5.41) is 5.97. The van der Waals surface area contributed by atoms with Crippen molar-refractivity contribution in [2.75, 3.05) is 14.2 Å². The Labute approximate surface area is 192 Å². The maximum absolute atomic E-state index is 12.4. The van der Waals surface area contributed by atoms with Crippen LogP contribution in [0.5, 0.6) is 11.5 Å². The Bertz CT molecular complexity index is 948. The number of amides is 2. The molecule has 0 aliphatic carbocycles. The molecule has 0 radical (unpaired) electrons. The lowest BCUT2D eigenvalue weighted by Crippen LogP contribution is -2.36. The van der Waals surface area contributed by atoms with Crippen LogP contribution in [0.15, 0.2) is 42.5 Å². The molecule has 9 heteroatoms.